The Morgan fingerprint density at radius 1 is 1.58 bits per heavy atom. The highest BCUT2D eigenvalue weighted by molar-refractivity contribution is 6.30. The molecule has 2 N–H and O–H groups in total. The summed E-state index contributed by atoms with van der Waals surface area (Å²) in [5, 5.41) is 0.544. The van der Waals surface area contributed by atoms with Gasteiger partial charge in [-0.3, -0.25) is 4.90 Å². The van der Waals surface area contributed by atoms with Crippen LogP contribution in [-0.2, 0) is 4.74 Å². The van der Waals surface area contributed by atoms with Gasteiger partial charge < -0.3 is 10.5 Å². The van der Waals surface area contributed by atoms with Crippen LogP contribution in [0, 0.1) is 11.7 Å². The molecular weight excluding hydrogens is 267 g/mol. The summed E-state index contributed by atoms with van der Waals surface area (Å²) in [7, 11) is 1.71. The van der Waals surface area contributed by atoms with Gasteiger partial charge in [-0.1, -0.05) is 11.6 Å². The van der Waals surface area contributed by atoms with Gasteiger partial charge in [0.05, 0.1) is 6.61 Å². The summed E-state index contributed by atoms with van der Waals surface area (Å²) in [6.45, 7) is 2.94. The highest BCUT2D eigenvalue weighted by Crippen LogP contribution is 2.30. The number of halogens is 2. The van der Waals surface area contributed by atoms with Crippen LogP contribution in [0.1, 0.15) is 18.0 Å². The summed E-state index contributed by atoms with van der Waals surface area (Å²) in [5.41, 5.74) is 6.43. The largest absolute Gasteiger partial charge is 0.384 e. The maximum atomic E-state index is 13.9. The molecule has 1 aliphatic heterocycles. The fourth-order valence-corrected chi connectivity index (χ4v) is 2.94. The molecule has 1 fully saturated rings. The van der Waals surface area contributed by atoms with Crippen molar-refractivity contribution in [1.82, 2.24) is 4.90 Å². The van der Waals surface area contributed by atoms with Gasteiger partial charge in [-0.05, 0) is 37.1 Å². The van der Waals surface area contributed by atoms with E-state index in [2.05, 4.69) is 4.90 Å². The smallest absolute Gasteiger partial charge is 0.128 e. The molecule has 0 aliphatic carbocycles. The van der Waals surface area contributed by atoms with Crippen LogP contribution in [0.4, 0.5) is 4.39 Å². The lowest BCUT2D eigenvalue weighted by Gasteiger charge is -2.27. The summed E-state index contributed by atoms with van der Waals surface area (Å²) in [6.07, 6.45) is 1.06. The van der Waals surface area contributed by atoms with E-state index in [9.17, 15) is 4.39 Å². The van der Waals surface area contributed by atoms with Crippen molar-refractivity contribution < 1.29 is 9.13 Å². The fraction of sp³-hybridized carbons (Fsp3) is 0.571. The van der Waals surface area contributed by atoms with Crippen molar-refractivity contribution in [2.45, 2.75) is 12.5 Å². The molecule has 1 heterocycles. The number of hydrogen-bond acceptors (Lipinski definition) is 3. The van der Waals surface area contributed by atoms with E-state index >= 15 is 0 Å². The van der Waals surface area contributed by atoms with Crippen LogP contribution in [0.3, 0.4) is 0 Å². The molecule has 0 saturated carbocycles. The van der Waals surface area contributed by atoms with Gasteiger partial charge in [0.15, 0.2) is 0 Å². The molecule has 0 spiro atoms. The molecule has 5 heteroatoms. The number of likely N-dealkylation sites (tertiary alicyclic amines) is 1. The number of hydrogen-bond donors (Lipinski definition) is 1. The van der Waals surface area contributed by atoms with Crippen LogP contribution in [0.2, 0.25) is 5.02 Å². The Labute approximate surface area is 118 Å². The minimum absolute atomic E-state index is 0.111. The third-order valence-corrected chi connectivity index (χ3v) is 3.94. The molecule has 3 nitrogen and oxygen atoms in total. The Balaban J connectivity index is 2.14. The number of nitrogens with zero attached hydrogens (tertiary/aromatic N) is 1. The van der Waals surface area contributed by atoms with Crippen LogP contribution < -0.4 is 5.73 Å². The molecule has 1 aliphatic rings. The second kappa shape index (κ2) is 6.66. The number of ether oxygens (including phenoxy) is 1. The van der Waals surface area contributed by atoms with Gasteiger partial charge in [-0.15, -0.1) is 0 Å². The lowest BCUT2D eigenvalue weighted by atomic mass is 10.0. The van der Waals surface area contributed by atoms with Crippen molar-refractivity contribution in [2.24, 2.45) is 11.7 Å². The highest BCUT2D eigenvalue weighted by Gasteiger charge is 2.29. The van der Waals surface area contributed by atoms with Gasteiger partial charge in [0.1, 0.15) is 5.82 Å². The normalized spacial score (nSPS) is 21.8. The third-order valence-electron chi connectivity index (χ3n) is 3.70. The molecule has 2 atom stereocenters. The van der Waals surface area contributed by atoms with Crippen molar-refractivity contribution >= 4 is 11.6 Å². The molecular formula is C14H20ClFN2O. The Morgan fingerprint density at radius 2 is 2.37 bits per heavy atom. The summed E-state index contributed by atoms with van der Waals surface area (Å²) >= 11 is 5.96. The molecule has 2 rings (SSSR count). The molecule has 0 aromatic heterocycles. The highest BCUT2D eigenvalue weighted by atomic mass is 35.5. The zero-order valence-corrected chi connectivity index (χ0v) is 11.9. The second-order valence-corrected chi connectivity index (χ2v) is 5.46. The first-order valence-electron chi connectivity index (χ1n) is 6.53. The predicted molar refractivity (Wildman–Crippen MR) is 74.8 cm³/mol. The molecule has 0 bridgehead atoms. The molecule has 0 amide bonds. The quantitative estimate of drug-likeness (QED) is 0.904. The predicted octanol–water partition coefficient (Wildman–Crippen LogP) is 2.45. The van der Waals surface area contributed by atoms with E-state index in [0.717, 1.165) is 26.1 Å². The van der Waals surface area contributed by atoms with Crippen LogP contribution in [0.25, 0.3) is 0 Å². The Bertz CT molecular complexity index is 430. The fourth-order valence-electron chi connectivity index (χ4n) is 2.76. The first kappa shape index (κ1) is 14.7. The number of nitrogens with two attached hydrogens (primary N) is 1. The molecule has 19 heavy (non-hydrogen) atoms. The maximum absolute atomic E-state index is 13.9. The molecule has 1 aromatic carbocycles. The van der Waals surface area contributed by atoms with Crippen LogP contribution in [-0.4, -0.2) is 38.3 Å². The van der Waals surface area contributed by atoms with E-state index < -0.39 is 0 Å². The lowest BCUT2D eigenvalue weighted by Crippen LogP contribution is -2.33. The monoisotopic (exact) mass is 286 g/mol. The van der Waals surface area contributed by atoms with E-state index in [-0.39, 0.29) is 11.9 Å². The average Bonchev–Trinajstić information content (AvgIpc) is 2.83. The maximum Gasteiger partial charge on any atom is 0.128 e. The van der Waals surface area contributed by atoms with E-state index in [0.29, 0.717) is 23.0 Å². The molecule has 0 radical (unpaired) electrons. The summed E-state index contributed by atoms with van der Waals surface area (Å²) in [5.74, 6) is 0.260. The molecule has 106 valence electrons. The zero-order valence-electron chi connectivity index (χ0n) is 11.1. The summed E-state index contributed by atoms with van der Waals surface area (Å²) in [6, 6.07) is 4.54. The van der Waals surface area contributed by atoms with Crippen molar-refractivity contribution in [3.05, 3.63) is 34.6 Å². The van der Waals surface area contributed by atoms with Gasteiger partial charge >= 0.3 is 0 Å². The second-order valence-electron chi connectivity index (χ2n) is 5.02. The standard InChI is InChI=1S/C14H20ClFN2O/c1-19-9-10-4-5-18(8-10)14(7-17)12-6-11(15)2-3-13(12)16/h2-3,6,10,14H,4-5,7-9,17H2,1H3. The summed E-state index contributed by atoms with van der Waals surface area (Å²) < 4.78 is 19.1. The molecule has 1 aromatic rings. The van der Waals surface area contributed by atoms with Crippen LogP contribution >= 0.6 is 11.6 Å². The topological polar surface area (TPSA) is 38.5 Å². The first-order valence-corrected chi connectivity index (χ1v) is 6.91. The average molecular weight is 287 g/mol. The zero-order chi connectivity index (χ0) is 13.8. The van der Waals surface area contributed by atoms with Crippen LogP contribution in [0.15, 0.2) is 18.2 Å². The van der Waals surface area contributed by atoms with E-state index in [1.165, 1.54) is 6.07 Å². The molecule has 2 unspecified atom stereocenters. The Morgan fingerprint density at radius 3 is 3.05 bits per heavy atom. The number of rotatable bonds is 5. The van der Waals surface area contributed by atoms with Gasteiger partial charge in [-0.2, -0.15) is 0 Å². The summed E-state index contributed by atoms with van der Waals surface area (Å²) in [4.78, 5) is 2.22. The van der Waals surface area contributed by atoms with Crippen molar-refractivity contribution in [1.29, 1.82) is 0 Å². The van der Waals surface area contributed by atoms with Crippen molar-refractivity contribution in [2.75, 3.05) is 33.4 Å². The van der Waals surface area contributed by atoms with Gasteiger partial charge in [0.2, 0.25) is 0 Å². The number of benzene rings is 1. The van der Waals surface area contributed by atoms with Gasteiger partial charge in [0, 0.05) is 36.8 Å². The van der Waals surface area contributed by atoms with Crippen molar-refractivity contribution in [3.8, 4) is 0 Å². The lowest BCUT2D eigenvalue weighted by molar-refractivity contribution is 0.147. The van der Waals surface area contributed by atoms with E-state index in [4.69, 9.17) is 22.1 Å². The first-order chi connectivity index (χ1) is 9.15. The van der Waals surface area contributed by atoms with E-state index in [1.54, 1.807) is 19.2 Å². The van der Waals surface area contributed by atoms with Crippen LogP contribution in [0.5, 0.6) is 0 Å². The minimum atomic E-state index is -0.241. The minimum Gasteiger partial charge on any atom is -0.384 e. The Kier molecular flexibility index (Phi) is 5.16. The van der Waals surface area contributed by atoms with Gasteiger partial charge in [-0.25, -0.2) is 4.39 Å². The van der Waals surface area contributed by atoms with E-state index in [1.807, 2.05) is 0 Å². The Hall–Kier alpha value is -0.680. The SMILES string of the molecule is COCC1CCN(C(CN)c2cc(Cl)ccc2F)C1. The third kappa shape index (κ3) is 3.45. The van der Waals surface area contributed by atoms with Gasteiger partial charge in [0.25, 0.3) is 0 Å². The molecule has 1 saturated heterocycles. The number of methoxy groups -OCH3 is 1. The van der Waals surface area contributed by atoms with Crippen molar-refractivity contribution in [3.63, 3.8) is 0 Å².